The first kappa shape index (κ1) is 17.2. The van der Waals surface area contributed by atoms with Gasteiger partial charge in [0.15, 0.2) is 0 Å². The smallest absolute Gasteiger partial charge is 0.320 e. The van der Waals surface area contributed by atoms with E-state index in [1.54, 1.807) is 19.1 Å². The Morgan fingerprint density at radius 3 is 2.62 bits per heavy atom. The van der Waals surface area contributed by atoms with Gasteiger partial charge < -0.3 is 15.8 Å². The topological polar surface area (TPSA) is 113 Å². The molecule has 1 aromatic heterocycles. The van der Waals surface area contributed by atoms with Crippen LogP contribution in [0.25, 0.3) is 0 Å². The van der Waals surface area contributed by atoms with E-state index in [0.29, 0.717) is 5.56 Å². The van der Waals surface area contributed by atoms with Crippen LogP contribution in [-0.2, 0) is 4.74 Å². The van der Waals surface area contributed by atoms with Gasteiger partial charge in [0.25, 0.3) is 0 Å². The molecule has 0 radical (unpaired) electrons. The van der Waals surface area contributed by atoms with Crippen molar-refractivity contribution in [2.75, 3.05) is 18.2 Å². The number of rotatable bonds is 4. The number of nitrogens with zero attached hydrogens (tertiary/aromatic N) is 1. The largest absolute Gasteiger partial charge is 0.481 e. The minimum Gasteiger partial charge on any atom is -0.481 e. The van der Waals surface area contributed by atoms with Gasteiger partial charge in [-0.05, 0) is 24.6 Å². The van der Waals surface area contributed by atoms with Gasteiger partial charge >= 0.3 is 6.03 Å². The van der Waals surface area contributed by atoms with Crippen LogP contribution in [0.15, 0.2) is 36.5 Å². The molecule has 0 fully saturated rings. The van der Waals surface area contributed by atoms with Crippen LogP contribution in [0.3, 0.4) is 0 Å². The van der Waals surface area contributed by atoms with E-state index in [4.69, 9.17) is 15.9 Å². The van der Waals surface area contributed by atoms with Crippen LogP contribution >= 0.6 is 0 Å². The highest BCUT2D eigenvalue weighted by Crippen LogP contribution is 2.17. The van der Waals surface area contributed by atoms with E-state index in [0.717, 1.165) is 5.56 Å². The fraction of sp³-hybridized carbons (Fsp3) is 0.188. The highest BCUT2D eigenvalue weighted by Gasteiger charge is 2.12. The number of aromatic nitrogens is 1. The first-order chi connectivity index (χ1) is 11.4. The Kier molecular flexibility index (Phi) is 5.31. The zero-order valence-corrected chi connectivity index (χ0v) is 13.3. The molecular formula is C16H18FN5O2. The van der Waals surface area contributed by atoms with Gasteiger partial charge in [-0.3, -0.25) is 10.7 Å². The lowest BCUT2D eigenvalue weighted by atomic mass is 10.1. The van der Waals surface area contributed by atoms with E-state index in [1.807, 2.05) is 0 Å². The number of nitrogen functional groups attached to an aromatic ring is 1. The number of methoxy groups -OCH3 is 1. The SMILES string of the molecule is COC(=N)c1cnc(NC(=O)N[C@H](C)c2ccc(F)cc2)cc1N. The monoisotopic (exact) mass is 331 g/mol. The summed E-state index contributed by atoms with van der Waals surface area (Å²) in [5, 5.41) is 12.8. The molecule has 1 atom stereocenters. The van der Waals surface area contributed by atoms with Crippen LogP contribution in [0.4, 0.5) is 20.7 Å². The van der Waals surface area contributed by atoms with Crippen LogP contribution < -0.4 is 16.4 Å². The molecule has 0 aliphatic carbocycles. The predicted molar refractivity (Wildman–Crippen MR) is 89.5 cm³/mol. The van der Waals surface area contributed by atoms with Crippen molar-refractivity contribution in [2.45, 2.75) is 13.0 Å². The molecule has 1 heterocycles. The number of amides is 2. The van der Waals surface area contributed by atoms with Crippen LogP contribution in [-0.4, -0.2) is 24.0 Å². The van der Waals surface area contributed by atoms with Crippen molar-refractivity contribution >= 4 is 23.4 Å². The van der Waals surface area contributed by atoms with E-state index in [9.17, 15) is 9.18 Å². The number of pyridine rings is 1. The van der Waals surface area contributed by atoms with Crippen molar-refractivity contribution in [2.24, 2.45) is 0 Å². The van der Waals surface area contributed by atoms with Gasteiger partial charge in [-0.2, -0.15) is 0 Å². The highest BCUT2D eigenvalue weighted by atomic mass is 19.1. The Morgan fingerprint density at radius 1 is 1.38 bits per heavy atom. The second kappa shape index (κ2) is 7.40. The molecule has 0 bridgehead atoms. The Hall–Kier alpha value is -3.16. The number of anilines is 2. The molecule has 0 spiro atoms. The summed E-state index contributed by atoms with van der Waals surface area (Å²) in [7, 11) is 1.36. The molecule has 2 aromatic rings. The normalized spacial score (nSPS) is 11.5. The number of urea groups is 1. The number of halogens is 1. The molecule has 24 heavy (non-hydrogen) atoms. The summed E-state index contributed by atoms with van der Waals surface area (Å²) in [4.78, 5) is 16.0. The third-order valence-electron chi connectivity index (χ3n) is 3.34. The summed E-state index contributed by atoms with van der Waals surface area (Å²) >= 11 is 0. The molecule has 126 valence electrons. The Bertz CT molecular complexity index is 749. The molecule has 0 saturated carbocycles. The van der Waals surface area contributed by atoms with Crippen LogP contribution in [0.1, 0.15) is 24.1 Å². The maximum absolute atomic E-state index is 12.9. The number of ether oxygens (including phenoxy) is 1. The number of nitrogens with one attached hydrogen (secondary N) is 3. The van der Waals surface area contributed by atoms with Crippen LogP contribution in [0.2, 0.25) is 0 Å². The molecule has 7 nitrogen and oxygen atoms in total. The molecule has 2 amide bonds. The number of carbonyl (C=O) groups excluding carboxylic acids is 1. The quantitative estimate of drug-likeness (QED) is 0.509. The Labute approximate surface area is 138 Å². The number of benzene rings is 1. The fourth-order valence-corrected chi connectivity index (χ4v) is 2.02. The van der Waals surface area contributed by atoms with Gasteiger partial charge in [0.2, 0.25) is 5.90 Å². The molecule has 2 rings (SSSR count). The standard InChI is InChI=1S/C16H18FN5O2/c1-9(10-3-5-11(17)6-4-10)21-16(23)22-14-7-13(18)12(8-20-14)15(19)24-2/h3-9,19H,1-2H3,(H4,18,20,21,22,23)/t9-/m1/s1. The summed E-state index contributed by atoms with van der Waals surface area (Å²) in [6.45, 7) is 1.78. The lowest BCUT2D eigenvalue weighted by molar-refractivity contribution is 0.249. The molecular weight excluding hydrogens is 313 g/mol. The molecule has 5 N–H and O–H groups in total. The van der Waals surface area contributed by atoms with E-state index < -0.39 is 6.03 Å². The second-order valence-corrected chi connectivity index (χ2v) is 5.06. The molecule has 0 aliphatic heterocycles. The summed E-state index contributed by atoms with van der Waals surface area (Å²) < 4.78 is 17.7. The van der Waals surface area contributed by atoms with Gasteiger partial charge in [0.1, 0.15) is 11.6 Å². The minimum atomic E-state index is -0.478. The van der Waals surface area contributed by atoms with E-state index >= 15 is 0 Å². The van der Waals surface area contributed by atoms with Crippen molar-refractivity contribution in [1.82, 2.24) is 10.3 Å². The number of hydrogen-bond donors (Lipinski definition) is 4. The van der Waals surface area contributed by atoms with Crippen LogP contribution in [0.5, 0.6) is 0 Å². The molecule has 0 aliphatic rings. The summed E-state index contributed by atoms with van der Waals surface area (Å²) in [6, 6.07) is 6.50. The number of nitrogens with two attached hydrogens (primary N) is 1. The molecule has 1 aromatic carbocycles. The third-order valence-corrected chi connectivity index (χ3v) is 3.34. The van der Waals surface area contributed by atoms with Crippen molar-refractivity contribution in [1.29, 1.82) is 5.41 Å². The lowest BCUT2D eigenvalue weighted by Gasteiger charge is -2.15. The van der Waals surface area contributed by atoms with E-state index in [-0.39, 0.29) is 29.3 Å². The van der Waals surface area contributed by atoms with Crippen molar-refractivity contribution in [3.8, 4) is 0 Å². The zero-order valence-electron chi connectivity index (χ0n) is 13.3. The summed E-state index contributed by atoms with van der Waals surface area (Å²) in [5.74, 6) is -0.207. The van der Waals surface area contributed by atoms with Gasteiger partial charge in [-0.25, -0.2) is 14.2 Å². The number of carbonyl (C=O) groups is 1. The summed E-state index contributed by atoms with van der Waals surface area (Å²) in [5.41, 5.74) is 7.18. The maximum Gasteiger partial charge on any atom is 0.320 e. The average Bonchev–Trinajstić information content (AvgIpc) is 2.54. The van der Waals surface area contributed by atoms with E-state index in [2.05, 4.69) is 15.6 Å². The molecule has 0 unspecified atom stereocenters. The maximum atomic E-state index is 12.9. The first-order valence-electron chi connectivity index (χ1n) is 7.12. The second-order valence-electron chi connectivity index (χ2n) is 5.06. The third kappa shape index (κ3) is 4.19. The van der Waals surface area contributed by atoms with Gasteiger partial charge in [0.05, 0.1) is 18.7 Å². The predicted octanol–water partition coefficient (Wildman–Crippen LogP) is 2.66. The van der Waals surface area contributed by atoms with Crippen LogP contribution in [0, 0.1) is 11.2 Å². The average molecular weight is 331 g/mol. The van der Waals surface area contributed by atoms with Gasteiger partial charge in [-0.15, -0.1) is 0 Å². The van der Waals surface area contributed by atoms with Crippen molar-refractivity contribution in [3.63, 3.8) is 0 Å². The zero-order chi connectivity index (χ0) is 17.7. The minimum absolute atomic E-state index is 0.110. The van der Waals surface area contributed by atoms with Gasteiger partial charge in [0, 0.05) is 18.0 Å². The van der Waals surface area contributed by atoms with Crippen molar-refractivity contribution < 1.29 is 13.9 Å². The summed E-state index contributed by atoms with van der Waals surface area (Å²) in [6.07, 6.45) is 1.35. The Balaban J connectivity index is 2.00. The lowest BCUT2D eigenvalue weighted by Crippen LogP contribution is -2.31. The van der Waals surface area contributed by atoms with Crippen molar-refractivity contribution in [3.05, 3.63) is 53.5 Å². The van der Waals surface area contributed by atoms with Gasteiger partial charge in [-0.1, -0.05) is 12.1 Å². The number of hydrogen-bond acceptors (Lipinski definition) is 5. The first-order valence-corrected chi connectivity index (χ1v) is 7.12. The molecule has 0 saturated heterocycles. The fourth-order valence-electron chi connectivity index (χ4n) is 2.02. The van der Waals surface area contributed by atoms with E-state index in [1.165, 1.54) is 31.5 Å². The highest BCUT2D eigenvalue weighted by molar-refractivity contribution is 5.97. The Morgan fingerprint density at radius 2 is 2.04 bits per heavy atom. The molecule has 8 heteroatoms.